The van der Waals surface area contributed by atoms with Crippen LogP contribution in [0.15, 0.2) is 53.3 Å². The summed E-state index contributed by atoms with van der Waals surface area (Å²) in [6.07, 6.45) is 0. The standard InChI is InChI=1S/C21H21N5O4/c1-21(2,3)20(30)22-13-8-6-7-12(11-13)17(27)24-26-19(29)16-14-9-4-5-10-15(14)18(28)25-23-16/h4-11H,1-3H3,(H,22,30)(H,24,27)(H,25,28)(H,26,29). The monoisotopic (exact) mass is 407 g/mol. The Morgan fingerprint density at radius 3 is 2.27 bits per heavy atom. The molecule has 0 aliphatic heterocycles. The molecule has 0 unspecified atom stereocenters. The van der Waals surface area contributed by atoms with E-state index in [9.17, 15) is 19.2 Å². The van der Waals surface area contributed by atoms with Crippen LogP contribution in [0.2, 0.25) is 0 Å². The highest BCUT2D eigenvalue weighted by atomic mass is 16.2. The number of rotatable bonds is 3. The highest BCUT2D eigenvalue weighted by Gasteiger charge is 2.21. The van der Waals surface area contributed by atoms with Gasteiger partial charge in [0.25, 0.3) is 17.4 Å². The zero-order valence-corrected chi connectivity index (χ0v) is 16.7. The minimum Gasteiger partial charge on any atom is -0.326 e. The first-order valence-corrected chi connectivity index (χ1v) is 9.16. The summed E-state index contributed by atoms with van der Waals surface area (Å²) in [5.74, 6) is -1.46. The number of hydrogen-bond donors (Lipinski definition) is 4. The van der Waals surface area contributed by atoms with Crippen LogP contribution in [-0.2, 0) is 4.79 Å². The Labute approximate surface area is 171 Å². The summed E-state index contributed by atoms with van der Waals surface area (Å²) in [7, 11) is 0. The third kappa shape index (κ3) is 4.52. The molecule has 3 rings (SSSR count). The largest absolute Gasteiger partial charge is 0.326 e. The second-order valence-electron chi connectivity index (χ2n) is 7.64. The van der Waals surface area contributed by atoms with Gasteiger partial charge < -0.3 is 5.32 Å². The van der Waals surface area contributed by atoms with E-state index in [4.69, 9.17) is 0 Å². The molecule has 1 aromatic heterocycles. The van der Waals surface area contributed by atoms with Crippen LogP contribution in [-0.4, -0.2) is 27.9 Å². The van der Waals surface area contributed by atoms with Crippen molar-refractivity contribution in [2.45, 2.75) is 20.8 Å². The van der Waals surface area contributed by atoms with Crippen molar-refractivity contribution in [1.82, 2.24) is 21.0 Å². The van der Waals surface area contributed by atoms with E-state index in [-0.39, 0.29) is 17.2 Å². The predicted octanol–water partition coefficient (Wildman–Crippen LogP) is 1.98. The lowest BCUT2D eigenvalue weighted by Crippen LogP contribution is -2.42. The number of nitrogens with one attached hydrogen (secondary N) is 4. The van der Waals surface area contributed by atoms with Gasteiger partial charge in [0.2, 0.25) is 5.91 Å². The van der Waals surface area contributed by atoms with Crippen molar-refractivity contribution < 1.29 is 14.4 Å². The molecule has 0 fully saturated rings. The number of nitrogens with zero attached hydrogens (tertiary/aromatic N) is 1. The topological polar surface area (TPSA) is 133 Å². The maximum Gasteiger partial charge on any atom is 0.290 e. The van der Waals surface area contributed by atoms with Crippen LogP contribution in [0.3, 0.4) is 0 Å². The molecule has 0 bridgehead atoms. The van der Waals surface area contributed by atoms with Crippen molar-refractivity contribution in [2.75, 3.05) is 5.32 Å². The minimum absolute atomic E-state index is 0.0308. The van der Waals surface area contributed by atoms with E-state index in [0.29, 0.717) is 16.5 Å². The van der Waals surface area contributed by atoms with E-state index in [1.807, 2.05) is 0 Å². The number of aromatic amines is 1. The second kappa shape index (κ2) is 8.16. The molecule has 4 N–H and O–H groups in total. The molecule has 0 saturated carbocycles. The van der Waals surface area contributed by atoms with Crippen LogP contribution in [0.25, 0.3) is 10.8 Å². The van der Waals surface area contributed by atoms with Crippen molar-refractivity contribution in [3.05, 3.63) is 70.1 Å². The molecule has 0 aliphatic carbocycles. The summed E-state index contributed by atoms with van der Waals surface area (Å²) in [4.78, 5) is 48.8. The lowest BCUT2D eigenvalue weighted by atomic mass is 9.95. The van der Waals surface area contributed by atoms with Crippen molar-refractivity contribution in [3.63, 3.8) is 0 Å². The molecule has 0 radical (unpaired) electrons. The van der Waals surface area contributed by atoms with E-state index in [0.717, 1.165) is 0 Å². The van der Waals surface area contributed by atoms with Gasteiger partial charge in [0.15, 0.2) is 5.69 Å². The van der Waals surface area contributed by atoms with Crippen LogP contribution in [0.1, 0.15) is 41.6 Å². The summed E-state index contributed by atoms with van der Waals surface area (Å²) in [6, 6.07) is 12.8. The first-order chi connectivity index (χ1) is 14.2. The predicted molar refractivity (Wildman–Crippen MR) is 112 cm³/mol. The number of benzene rings is 2. The van der Waals surface area contributed by atoms with Crippen LogP contribution in [0.4, 0.5) is 5.69 Å². The van der Waals surface area contributed by atoms with E-state index in [1.165, 1.54) is 6.07 Å². The highest BCUT2D eigenvalue weighted by Crippen LogP contribution is 2.18. The molecule has 2 aromatic carbocycles. The van der Waals surface area contributed by atoms with Crippen molar-refractivity contribution >= 4 is 34.2 Å². The number of carbonyl (C=O) groups excluding carboxylic acids is 3. The number of carbonyl (C=O) groups is 3. The lowest BCUT2D eigenvalue weighted by molar-refractivity contribution is -0.123. The summed E-state index contributed by atoms with van der Waals surface area (Å²) < 4.78 is 0. The fourth-order valence-corrected chi connectivity index (χ4v) is 2.59. The molecule has 3 amide bonds. The molecule has 0 saturated heterocycles. The average Bonchev–Trinajstić information content (AvgIpc) is 2.71. The molecular weight excluding hydrogens is 386 g/mol. The Balaban J connectivity index is 1.71. The third-order valence-corrected chi connectivity index (χ3v) is 4.26. The van der Waals surface area contributed by atoms with Gasteiger partial charge in [0.1, 0.15) is 0 Å². The van der Waals surface area contributed by atoms with Crippen molar-refractivity contribution in [1.29, 1.82) is 0 Å². The molecule has 0 spiro atoms. The number of hydrazine groups is 1. The summed E-state index contributed by atoms with van der Waals surface area (Å²) in [6.45, 7) is 5.34. The van der Waals surface area contributed by atoms with E-state index < -0.39 is 22.8 Å². The number of hydrogen-bond acceptors (Lipinski definition) is 5. The molecular formula is C21H21N5O4. The van der Waals surface area contributed by atoms with Gasteiger partial charge in [-0.25, -0.2) is 5.10 Å². The maximum atomic E-state index is 12.5. The summed E-state index contributed by atoms with van der Waals surface area (Å²) in [5.41, 5.74) is 4.25. The van der Waals surface area contributed by atoms with Crippen LogP contribution >= 0.6 is 0 Å². The van der Waals surface area contributed by atoms with Gasteiger partial charge in [-0.15, -0.1) is 0 Å². The summed E-state index contributed by atoms with van der Waals surface area (Å²) >= 11 is 0. The quantitative estimate of drug-likeness (QED) is 0.493. The molecule has 1 heterocycles. The number of aromatic nitrogens is 2. The zero-order chi connectivity index (χ0) is 21.9. The van der Waals surface area contributed by atoms with Crippen molar-refractivity contribution in [3.8, 4) is 0 Å². The Morgan fingerprint density at radius 1 is 0.900 bits per heavy atom. The van der Waals surface area contributed by atoms with Gasteiger partial charge in [-0.05, 0) is 24.3 Å². The molecule has 3 aromatic rings. The molecule has 30 heavy (non-hydrogen) atoms. The number of amides is 3. The number of fused-ring (bicyclic) bond motifs is 1. The zero-order valence-electron chi connectivity index (χ0n) is 16.7. The first-order valence-electron chi connectivity index (χ1n) is 9.16. The lowest BCUT2D eigenvalue weighted by Gasteiger charge is -2.18. The van der Waals surface area contributed by atoms with Crippen LogP contribution in [0, 0.1) is 5.41 Å². The van der Waals surface area contributed by atoms with E-state index in [2.05, 4.69) is 26.4 Å². The van der Waals surface area contributed by atoms with Gasteiger partial charge in [0.05, 0.1) is 5.39 Å². The van der Waals surface area contributed by atoms with Crippen LogP contribution in [0.5, 0.6) is 0 Å². The van der Waals surface area contributed by atoms with Crippen molar-refractivity contribution in [2.24, 2.45) is 5.41 Å². The van der Waals surface area contributed by atoms with E-state index >= 15 is 0 Å². The maximum absolute atomic E-state index is 12.5. The average molecular weight is 407 g/mol. The Bertz CT molecular complexity index is 1190. The second-order valence-corrected chi connectivity index (χ2v) is 7.64. The molecule has 154 valence electrons. The fourth-order valence-electron chi connectivity index (χ4n) is 2.59. The Hall–Kier alpha value is -4.01. The molecule has 9 heteroatoms. The van der Waals surface area contributed by atoms with E-state index in [1.54, 1.807) is 63.2 Å². The van der Waals surface area contributed by atoms with Gasteiger partial charge in [-0.3, -0.25) is 30.0 Å². The van der Waals surface area contributed by atoms with Gasteiger partial charge in [-0.1, -0.05) is 45.0 Å². The molecule has 0 atom stereocenters. The first kappa shape index (κ1) is 20.7. The smallest absolute Gasteiger partial charge is 0.290 e. The molecule has 9 nitrogen and oxygen atoms in total. The third-order valence-electron chi connectivity index (χ3n) is 4.26. The fraction of sp³-hybridized carbons (Fsp3) is 0.190. The minimum atomic E-state index is -0.687. The Kier molecular flexibility index (Phi) is 5.63. The SMILES string of the molecule is CC(C)(C)C(=O)Nc1cccc(C(=O)NNC(=O)c2n[nH]c(=O)c3ccccc23)c1. The van der Waals surface area contributed by atoms with Gasteiger partial charge >= 0.3 is 0 Å². The number of H-pyrrole nitrogens is 1. The van der Waals surface area contributed by atoms with Gasteiger partial charge in [0, 0.05) is 22.1 Å². The summed E-state index contributed by atoms with van der Waals surface area (Å²) in [5, 5.41) is 9.46. The number of anilines is 1. The Morgan fingerprint density at radius 2 is 1.57 bits per heavy atom. The highest BCUT2D eigenvalue weighted by molar-refractivity contribution is 6.06. The van der Waals surface area contributed by atoms with Gasteiger partial charge in [-0.2, -0.15) is 5.10 Å². The van der Waals surface area contributed by atoms with Crippen LogP contribution < -0.4 is 21.7 Å². The molecule has 0 aliphatic rings. The normalized spacial score (nSPS) is 11.0.